The van der Waals surface area contributed by atoms with Gasteiger partial charge in [0.1, 0.15) is 6.04 Å². The van der Waals surface area contributed by atoms with Gasteiger partial charge in [0.15, 0.2) is 5.82 Å². The minimum absolute atomic E-state index is 0.192. The Morgan fingerprint density at radius 3 is 2.61 bits per heavy atom. The number of carbonyl (C=O) groups is 1. The minimum Gasteiger partial charge on any atom is -0.340 e. The van der Waals surface area contributed by atoms with Gasteiger partial charge in [-0.3, -0.25) is 14.9 Å². The molecule has 1 amide bonds. The molecule has 2 unspecified atom stereocenters. The van der Waals surface area contributed by atoms with Crippen molar-refractivity contribution in [1.29, 1.82) is 0 Å². The Morgan fingerprint density at radius 1 is 1.18 bits per heavy atom. The van der Waals surface area contributed by atoms with Crippen LogP contribution in [0.2, 0.25) is 0 Å². The first-order chi connectivity index (χ1) is 13.6. The lowest BCUT2D eigenvalue weighted by molar-refractivity contribution is -0.533. The van der Waals surface area contributed by atoms with Crippen LogP contribution in [0.4, 0.5) is 0 Å². The van der Waals surface area contributed by atoms with E-state index in [9.17, 15) is 14.9 Å². The molecule has 1 aromatic heterocycles. The molecule has 3 rings (SSSR count). The third kappa shape index (κ3) is 4.86. The summed E-state index contributed by atoms with van der Waals surface area (Å²) in [6, 6.07) is -0.516. The van der Waals surface area contributed by atoms with Gasteiger partial charge in [0.25, 0.3) is 0 Å². The van der Waals surface area contributed by atoms with Crippen molar-refractivity contribution in [2.45, 2.75) is 102 Å². The maximum Gasteiger partial charge on any atom is 0.235 e. The summed E-state index contributed by atoms with van der Waals surface area (Å²) in [5.74, 6) is 0.863. The summed E-state index contributed by atoms with van der Waals surface area (Å²) >= 11 is 0. The minimum atomic E-state index is -0.625. The molecule has 0 aromatic carbocycles. The summed E-state index contributed by atoms with van der Waals surface area (Å²) in [5.41, 5.74) is 0. The highest BCUT2D eigenvalue weighted by atomic mass is 16.6. The smallest absolute Gasteiger partial charge is 0.235 e. The number of nitro groups is 1. The van der Waals surface area contributed by atoms with Crippen LogP contribution in [-0.2, 0) is 11.2 Å². The highest BCUT2D eigenvalue weighted by Crippen LogP contribution is 2.30. The Hall–Kier alpha value is -2.06. The van der Waals surface area contributed by atoms with Gasteiger partial charge in [-0.05, 0) is 49.5 Å². The molecule has 28 heavy (non-hydrogen) atoms. The topological polar surface area (TPSA) is 107 Å². The number of carbonyl (C=O) groups excluding carboxylic acids is 1. The van der Waals surface area contributed by atoms with Crippen molar-refractivity contribution in [3.8, 4) is 0 Å². The van der Waals surface area contributed by atoms with Gasteiger partial charge >= 0.3 is 0 Å². The van der Waals surface area contributed by atoms with E-state index in [1.807, 2.05) is 11.8 Å². The van der Waals surface area contributed by atoms with E-state index < -0.39 is 6.04 Å². The maximum atomic E-state index is 12.7. The fourth-order valence-corrected chi connectivity index (χ4v) is 4.83. The molecule has 0 spiro atoms. The molecule has 0 saturated heterocycles. The molecule has 2 fully saturated rings. The van der Waals surface area contributed by atoms with Crippen LogP contribution in [0, 0.1) is 10.1 Å². The second-order valence-corrected chi connectivity index (χ2v) is 8.07. The van der Waals surface area contributed by atoms with Gasteiger partial charge in [0.05, 0.1) is 0 Å². The highest BCUT2D eigenvalue weighted by Gasteiger charge is 2.37. The van der Waals surface area contributed by atoms with Gasteiger partial charge in [0, 0.05) is 36.8 Å². The molecule has 1 aromatic rings. The number of amides is 1. The van der Waals surface area contributed by atoms with E-state index in [4.69, 9.17) is 0 Å². The number of aryl methyl sites for hydroxylation is 1. The monoisotopic (exact) mass is 392 g/mol. The molecule has 0 radical (unpaired) electrons. The van der Waals surface area contributed by atoms with Crippen LogP contribution < -0.4 is 0 Å². The summed E-state index contributed by atoms with van der Waals surface area (Å²) in [7, 11) is 0. The number of rotatable bonds is 8. The van der Waals surface area contributed by atoms with Gasteiger partial charge in [-0.25, -0.2) is 4.68 Å². The molecule has 9 heteroatoms. The fourth-order valence-electron chi connectivity index (χ4n) is 4.83. The van der Waals surface area contributed by atoms with Gasteiger partial charge < -0.3 is 4.90 Å². The zero-order valence-corrected chi connectivity index (χ0v) is 16.8. The molecule has 9 nitrogen and oxygen atoms in total. The van der Waals surface area contributed by atoms with Crippen LogP contribution in [0.1, 0.15) is 89.4 Å². The highest BCUT2D eigenvalue weighted by molar-refractivity contribution is 5.76. The fraction of sp³-hybridized carbons (Fsp3) is 0.895. The molecule has 2 aliphatic carbocycles. The molecule has 0 aliphatic heterocycles. The third-order valence-corrected chi connectivity index (χ3v) is 6.31. The average molecular weight is 393 g/mol. The third-order valence-electron chi connectivity index (χ3n) is 6.31. The number of nitrogens with zero attached hydrogens (tertiary/aromatic N) is 6. The number of hydrogen-bond acceptors (Lipinski definition) is 6. The molecule has 2 atom stereocenters. The van der Waals surface area contributed by atoms with Crippen LogP contribution in [0.15, 0.2) is 0 Å². The Labute approximate surface area is 166 Å². The SMILES string of the molecule is CCN(C(=O)CCCc1nnnn1C1CCCCC1[N+](=O)[O-])C1CCCCC1. The molecule has 1 heterocycles. The van der Waals surface area contributed by atoms with E-state index in [1.165, 1.54) is 19.3 Å². The van der Waals surface area contributed by atoms with Crippen molar-refractivity contribution in [2.24, 2.45) is 0 Å². The van der Waals surface area contributed by atoms with Crippen molar-refractivity contribution < 1.29 is 9.72 Å². The quantitative estimate of drug-likeness (QED) is 0.497. The van der Waals surface area contributed by atoms with Crippen LogP contribution in [0.5, 0.6) is 0 Å². The predicted molar refractivity (Wildman–Crippen MR) is 103 cm³/mol. The van der Waals surface area contributed by atoms with Crippen molar-refractivity contribution in [2.75, 3.05) is 6.54 Å². The normalized spacial score (nSPS) is 23.5. The van der Waals surface area contributed by atoms with E-state index in [1.54, 1.807) is 4.68 Å². The zero-order valence-electron chi connectivity index (χ0n) is 16.8. The van der Waals surface area contributed by atoms with Crippen molar-refractivity contribution in [3.05, 3.63) is 15.9 Å². The van der Waals surface area contributed by atoms with E-state index in [-0.39, 0.29) is 16.9 Å². The Balaban J connectivity index is 1.56. The number of hydrogen-bond donors (Lipinski definition) is 0. The summed E-state index contributed by atoms with van der Waals surface area (Å²) < 4.78 is 1.65. The second-order valence-electron chi connectivity index (χ2n) is 8.07. The van der Waals surface area contributed by atoms with Gasteiger partial charge in [-0.15, -0.1) is 5.10 Å². The summed E-state index contributed by atoms with van der Waals surface area (Å²) in [6.07, 6.45) is 10.8. The molecule has 156 valence electrons. The van der Waals surface area contributed by atoms with Crippen molar-refractivity contribution >= 4 is 5.91 Å². The number of aromatic nitrogens is 4. The molecule has 0 bridgehead atoms. The first-order valence-corrected chi connectivity index (χ1v) is 10.8. The summed E-state index contributed by atoms with van der Waals surface area (Å²) in [6.45, 7) is 2.81. The van der Waals surface area contributed by atoms with E-state index >= 15 is 0 Å². The Bertz CT molecular complexity index is 658. The van der Waals surface area contributed by atoms with Crippen molar-refractivity contribution in [1.82, 2.24) is 25.1 Å². The summed E-state index contributed by atoms with van der Waals surface area (Å²) in [4.78, 5) is 26.0. The van der Waals surface area contributed by atoms with E-state index in [0.29, 0.717) is 37.5 Å². The van der Waals surface area contributed by atoms with Gasteiger partial charge in [-0.2, -0.15) is 0 Å². The Kier molecular flexibility index (Phi) is 7.33. The summed E-state index contributed by atoms with van der Waals surface area (Å²) in [5, 5.41) is 23.3. The lowest BCUT2D eigenvalue weighted by atomic mass is 9.90. The molecule has 0 N–H and O–H groups in total. The van der Waals surface area contributed by atoms with Crippen molar-refractivity contribution in [3.63, 3.8) is 0 Å². The van der Waals surface area contributed by atoms with Crippen LogP contribution in [0.3, 0.4) is 0 Å². The molecule has 2 saturated carbocycles. The standard InChI is InChI=1S/C19H32N6O3/c1-2-23(15-9-4-3-5-10-15)19(26)14-8-13-18-20-21-22-24(18)16-11-6-7-12-17(16)25(27)28/h15-17H,2-14H2,1H3. The maximum absolute atomic E-state index is 12.7. The lowest BCUT2D eigenvalue weighted by Gasteiger charge is -2.33. The average Bonchev–Trinajstić information content (AvgIpc) is 3.17. The largest absolute Gasteiger partial charge is 0.340 e. The number of tetrazole rings is 1. The molecular formula is C19H32N6O3. The van der Waals surface area contributed by atoms with Crippen LogP contribution >= 0.6 is 0 Å². The van der Waals surface area contributed by atoms with E-state index in [2.05, 4.69) is 15.5 Å². The van der Waals surface area contributed by atoms with E-state index in [0.717, 1.165) is 38.6 Å². The first kappa shape index (κ1) is 20.7. The lowest BCUT2D eigenvalue weighted by Crippen LogP contribution is -2.41. The van der Waals surface area contributed by atoms with Gasteiger partial charge in [0.2, 0.25) is 11.9 Å². The van der Waals surface area contributed by atoms with Crippen LogP contribution in [0.25, 0.3) is 0 Å². The predicted octanol–water partition coefficient (Wildman–Crippen LogP) is 2.94. The van der Waals surface area contributed by atoms with Crippen LogP contribution in [-0.4, -0.2) is 54.6 Å². The molecular weight excluding hydrogens is 360 g/mol. The Morgan fingerprint density at radius 2 is 1.89 bits per heavy atom. The zero-order chi connectivity index (χ0) is 19.9. The molecule has 2 aliphatic rings. The second kappa shape index (κ2) is 9.93. The van der Waals surface area contributed by atoms with Gasteiger partial charge in [-0.1, -0.05) is 25.7 Å². The first-order valence-electron chi connectivity index (χ1n) is 10.8.